The number of nitrogens with two attached hydrogens (primary N) is 1. The van der Waals surface area contributed by atoms with Crippen molar-refractivity contribution in [2.24, 2.45) is 5.84 Å². The number of benzene rings is 1. The standard InChI is InChI=1S/C7H6BrClN2O.ClH/c8-5-1-3-6(4-2-5)11(10)7(9)12;/h1-4H,10H2;1H. The van der Waals surface area contributed by atoms with Crippen molar-refractivity contribution in [3.63, 3.8) is 0 Å². The molecule has 0 saturated heterocycles. The Balaban J connectivity index is 0.00000144. The highest BCUT2D eigenvalue weighted by Gasteiger charge is 2.06. The first-order valence-electron chi connectivity index (χ1n) is 3.11. The molecule has 13 heavy (non-hydrogen) atoms. The quantitative estimate of drug-likeness (QED) is 0.284. The van der Waals surface area contributed by atoms with Gasteiger partial charge in [-0.3, -0.25) is 4.79 Å². The van der Waals surface area contributed by atoms with E-state index in [1.54, 1.807) is 24.3 Å². The van der Waals surface area contributed by atoms with Crippen LogP contribution in [0.5, 0.6) is 0 Å². The molecule has 1 aromatic rings. The summed E-state index contributed by atoms with van der Waals surface area (Å²) in [7, 11) is 0. The first-order valence-corrected chi connectivity index (χ1v) is 4.28. The minimum Gasteiger partial charge on any atom is -0.254 e. The number of hydrazine groups is 1. The average molecular weight is 286 g/mol. The molecule has 0 aromatic heterocycles. The van der Waals surface area contributed by atoms with E-state index in [4.69, 9.17) is 17.4 Å². The summed E-state index contributed by atoms with van der Waals surface area (Å²) in [5.74, 6) is 5.32. The molecule has 0 aliphatic rings. The molecule has 0 fully saturated rings. The summed E-state index contributed by atoms with van der Waals surface area (Å²) in [4.78, 5) is 10.6. The molecular weight excluding hydrogens is 279 g/mol. The molecule has 0 unspecified atom stereocenters. The summed E-state index contributed by atoms with van der Waals surface area (Å²) in [5.41, 5.74) is 0.554. The van der Waals surface area contributed by atoms with Gasteiger partial charge in [0, 0.05) is 4.47 Å². The van der Waals surface area contributed by atoms with Gasteiger partial charge in [0.1, 0.15) is 0 Å². The van der Waals surface area contributed by atoms with Gasteiger partial charge in [-0.25, -0.2) is 10.9 Å². The van der Waals surface area contributed by atoms with Gasteiger partial charge in [-0.1, -0.05) is 15.9 Å². The second kappa shape index (κ2) is 5.44. The van der Waals surface area contributed by atoms with Crippen molar-refractivity contribution in [3.05, 3.63) is 28.7 Å². The maximum Gasteiger partial charge on any atom is 0.335 e. The van der Waals surface area contributed by atoms with Gasteiger partial charge in [0.25, 0.3) is 0 Å². The molecule has 0 spiro atoms. The maximum atomic E-state index is 10.6. The molecule has 0 heterocycles. The fraction of sp³-hybridized carbons (Fsp3) is 0. The number of anilines is 1. The van der Waals surface area contributed by atoms with Gasteiger partial charge in [-0.15, -0.1) is 12.4 Å². The Hall–Kier alpha value is -0.290. The Morgan fingerprint density at radius 2 is 1.85 bits per heavy atom. The zero-order chi connectivity index (χ0) is 9.14. The number of rotatable bonds is 1. The van der Waals surface area contributed by atoms with Crippen LogP contribution in [0.25, 0.3) is 0 Å². The fourth-order valence-electron chi connectivity index (χ4n) is 0.703. The topological polar surface area (TPSA) is 46.3 Å². The van der Waals surface area contributed by atoms with Gasteiger partial charge < -0.3 is 0 Å². The van der Waals surface area contributed by atoms with Crippen molar-refractivity contribution >= 4 is 51.0 Å². The molecule has 0 radical (unpaired) electrons. The zero-order valence-electron chi connectivity index (χ0n) is 6.41. The van der Waals surface area contributed by atoms with Crippen molar-refractivity contribution in [3.8, 4) is 0 Å². The minimum absolute atomic E-state index is 0. The zero-order valence-corrected chi connectivity index (χ0v) is 9.56. The summed E-state index contributed by atoms with van der Waals surface area (Å²) >= 11 is 8.41. The monoisotopic (exact) mass is 284 g/mol. The van der Waals surface area contributed by atoms with E-state index in [-0.39, 0.29) is 12.4 Å². The second-order valence-corrected chi connectivity index (χ2v) is 3.34. The number of carbonyl (C=O) groups is 1. The van der Waals surface area contributed by atoms with E-state index in [0.29, 0.717) is 5.69 Å². The highest BCUT2D eigenvalue weighted by atomic mass is 79.9. The van der Waals surface area contributed by atoms with Crippen LogP contribution in [0.4, 0.5) is 10.5 Å². The molecule has 2 N–H and O–H groups in total. The van der Waals surface area contributed by atoms with Crippen LogP contribution < -0.4 is 10.9 Å². The lowest BCUT2D eigenvalue weighted by molar-refractivity contribution is 0.264. The van der Waals surface area contributed by atoms with Gasteiger partial charge in [0.05, 0.1) is 5.69 Å². The lowest BCUT2D eigenvalue weighted by atomic mass is 10.3. The predicted molar refractivity (Wildman–Crippen MR) is 59.3 cm³/mol. The summed E-state index contributed by atoms with van der Waals surface area (Å²) < 4.78 is 0.918. The van der Waals surface area contributed by atoms with Gasteiger partial charge in [0.15, 0.2) is 0 Å². The van der Waals surface area contributed by atoms with Gasteiger partial charge in [-0.05, 0) is 35.9 Å². The number of carbonyl (C=O) groups excluding carboxylic acids is 1. The molecule has 0 atom stereocenters. The van der Waals surface area contributed by atoms with Crippen LogP contribution in [0.2, 0.25) is 0 Å². The highest BCUT2D eigenvalue weighted by molar-refractivity contribution is 9.10. The smallest absolute Gasteiger partial charge is 0.254 e. The molecule has 3 nitrogen and oxygen atoms in total. The normalized spacial score (nSPS) is 8.85. The van der Waals surface area contributed by atoms with Crippen LogP contribution in [0.3, 0.4) is 0 Å². The molecular formula is C7H7BrCl2N2O. The molecule has 0 bridgehead atoms. The third-order valence-electron chi connectivity index (χ3n) is 1.29. The molecule has 1 rings (SSSR count). The van der Waals surface area contributed by atoms with Crippen molar-refractivity contribution in [2.75, 3.05) is 5.01 Å². The summed E-state index contributed by atoms with van der Waals surface area (Å²) in [6, 6.07) is 6.92. The first-order chi connectivity index (χ1) is 5.61. The Labute approximate surface area is 95.4 Å². The van der Waals surface area contributed by atoms with E-state index in [1.165, 1.54) is 0 Å². The summed E-state index contributed by atoms with van der Waals surface area (Å²) in [5, 5.41) is 0.158. The number of amides is 1. The van der Waals surface area contributed by atoms with E-state index >= 15 is 0 Å². The third kappa shape index (κ3) is 3.52. The van der Waals surface area contributed by atoms with E-state index in [9.17, 15) is 4.79 Å². The van der Waals surface area contributed by atoms with Gasteiger partial charge in [0.2, 0.25) is 0 Å². The van der Waals surface area contributed by atoms with Crippen molar-refractivity contribution < 1.29 is 4.79 Å². The Bertz CT molecular complexity index is 291. The minimum atomic E-state index is -0.711. The lowest BCUT2D eigenvalue weighted by Crippen LogP contribution is -2.32. The van der Waals surface area contributed by atoms with E-state index in [2.05, 4.69) is 15.9 Å². The number of halogens is 3. The Kier molecular flexibility index (Phi) is 5.32. The van der Waals surface area contributed by atoms with Gasteiger partial charge in [-0.2, -0.15) is 0 Å². The van der Waals surface area contributed by atoms with Crippen LogP contribution in [-0.4, -0.2) is 5.37 Å². The van der Waals surface area contributed by atoms with Crippen LogP contribution in [0, 0.1) is 0 Å². The SMILES string of the molecule is Cl.NN(C(=O)Cl)c1ccc(Br)cc1. The number of nitrogens with zero attached hydrogens (tertiary/aromatic N) is 1. The van der Waals surface area contributed by atoms with Crippen LogP contribution in [0.1, 0.15) is 0 Å². The fourth-order valence-corrected chi connectivity index (χ4v) is 1.07. The van der Waals surface area contributed by atoms with Crippen molar-refractivity contribution in [1.29, 1.82) is 0 Å². The maximum absolute atomic E-state index is 10.6. The third-order valence-corrected chi connectivity index (χ3v) is 2.00. The Morgan fingerprint density at radius 1 is 1.38 bits per heavy atom. The predicted octanol–water partition coefficient (Wildman–Crippen LogP) is 2.91. The van der Waals surface area contributed by atoms with E-state index in [0.717, 1.165) is 9.48 Å². The first kappa shape index (κ1) is 12.7. The molecule has 0 saturated carbocycles. The number of hydrogen-bond acceptors (Lipinski definition) is 2. The van der Waals surface area contributed by atoms with Crippen LogP contribution in [-0.2, 0) is 0 Å². The highest BCUT2D eigenvalue weighted by Crippen LogP contribution is 2.16. The Morgan fingerprint density at radius 3 is 2.23 bits per heavy atom. The molecule has 1 aromatic carbocycles. The summed E-state index contributed by atoms with van der Waals surface area (Å²) in [6.45, 7) is 0. The molecule has 0 aliphatic heterocycles. The summed E-state index contributed by atoms with van der Waals surface area (Å²) in [6.07, 6.45) is 0. The van der Waals surface area contributed by atoms with Crippen LogP contribution in [0.15, 0.2) is 28.7 Å². The van der Waals surface area contributed by atoms with Crippen LogP contribution >= 0.6 is 39.9 Å². The molecule has 1 amide bonds. The molecule has 0 aliphatic carbocycles. The molecule has 72 valence electrons. The van der Waals surface area contributed by atoms with Gasteiger partial charge >= 0.3 is 5.37 Å². The van der Waals surface area contributed by atoms with E-state index < -0.39 is 5.37 Å². The average Bonchev–Trinajstić information content (AvgIpc) is 2.04. The largest absolute Gasteiger partial charge is 0.335 e. The number of hydrogen-bond donors (Lipinski definition) is 1. The second-order valence-electron chi connectivity index (χ2n) is 2.10. The lowest BCUT2D eigenvalue weighted by Gasteiger charge is -2.11. The van der Waals surface area contributed by atoms with Crippen molar-refractivity contribution in [2.45, 2.75) is 0 Å². The van der Waals surface area contributed by atoms with Crippen molar-refractivity contribution in [1.82, 2.24) is 0 Å². The molecule has 6 heteroatoms. The van der Waals surface area contributed by atoms with E-state index in [1.807, 2.05) is 0 Å².